The topological polar surface area (TPSA) is 77.2 Å². The molecule has 0 bridgehead atoms. The maximum atomic E-state index is 12.0. The van der Waals surface area contributed by atoms with Crippen LogP contribution in [0.4, 0.5) is 5.82 Å². The number of carbonyl (C=O) groups is 1. The lowest BCUT2D eigenvalue weighted by Gasteiger charge is -2.23. The third kappa shape index (κ3) is 3.17. The number of hydrogen-bond acceptors (Lipinski definition) is 4. The quantitative estimate of drug-likeness (QED) is 0.864. The standard InChI is InChI=1S/C11H14BrN3O2/c12-7-5-9(10(13)14-6-7)11(16)15-8-1-3-17-4-2-8/h5-6,8H,1-4H2,(H2,13,14)(H,15,16). The van der Waals surface area contributed by atoms with Crippen LogP contribution < -0.4 is 11.1 Å². The van der Waals surface area contributed by atoms with Crippen LogP contribution in [0.2, 0.25) is 0 Å². The molecular formula is C11H14BrN3O2. The highest BCUT2D eigenvalue weighted by Gasteiger charge is 2.18. The molecule has 0 spiro atoms. The lowest BCUT2D eigenvalue weighted by Crippen LogP contribution is -2.39. The number of carbonyl (C=O) groups excluding carboxylic acids is 1. The van der Waals surface area contributed by atoms with Crippen molar-refractivity contribution >= 4 is 27.7 Å². The van der Waals surface area contributed by atoms with Crippen LogP contribution in [0.25, 0.3) is 0 Å². The van der Waals surface area contributed by atoms with Gasteiger partial charge in [-0.3, -0.25) is 4.79 Å². The van der Waals surface area contributed by atoms with Gasteiger partial charge in [0.1, 0.15) is 5.82 Å². The van der Waals surface area contributed by atoms with Crippen LogP contribution >= 0.6 is 15.9 Å². The Balaban J connectivity index is 2.05. The Hall–Kier alpha value is -1.14. The van der Waals surface area contributed by atoms with Crippen LogP contribution in [0.15, 0.2) is 16.7 Å². The van der Waals surface area contributed by atoms with Gasteiger partial charge < -0.3 is 15.8 Å². The number of aromatic nitrogens is 1. The first kappa shape index (κ1) is 12.3. The Morgan fingerprint density at radius 2 is 2.24 bits per heavy atom. The van der Waals surface area contributed by atoms with Crippen LogP contribution in [-0.2, 0) is 4.74 Å². The number of rotatable bonds is 2. The summed E-state index contributed by atoms with van der Waals surface area (Å²) in [5.41, 5.74) is 6.09. The minimum Gasteiger partial charge on any atom is -0.383 e. The molecule has 1 amide bonds. The molecule has 1 saturated heterocycles. The Kier molecular flexibility index (Phi) is 3.96. The fourth-order valence-electron chi connectivity index (χ4n) is 1.74. The van der Waals surface area contributed by atoms with Gasteiger partial charge in [-0.1, -0.05) is 0 Å². The van der Waals surface area contributed by atoms with E-state index in [0.29, 0.717) is 18.8 Å². The Morgan fingerprint density at radius 1 is 1.53 bits per heavy atom. The number of ether oxygens (including phenoxy) is 1. The van der Waals surface area contributed by atoms with E-state index in [4.69, 9.17) is 10.5 Å². The Bertz CT molecular complexity index is 419. The van der Waals surface area contributed by atoms with Crippen LogP contribution in [0.1, 0.15) is 23.2 Å². The fraction of sp³-hybridized carbons (Fsp3) is 0.455. The molecule has 1 aromatic heterocycles. The molecule has 6 heteroatoms. The van der Waals surface area contributed by atoms with Crippen molar-refractivity contribution in [2.24, 2.45) is 0 Å². The molecule has 0 aromatic carbocycles. The van der Waals surface area contributed by atoms with E-state index in [9.17, 15) is 4.79 Å². The van der Waals surface area contributed by atoms with E-state index < -0.39 is 0 Å². The number of nitrogen functional groups attached to an aromatic ring is 1. The molecule has 1 aliphatic rings. The van der Waals surface area contributed by atoms with Crippen LogP contribution in [0, 0.1) is 0 Å². The van der Waals surface area contributed by atoms with Crippen molar-refractivity contribution in [3.8, 4) is 0 Å². The van der Waals surface area contributed by atoms with E-state index in [-0.39, 0.29) is 17.8 Å². The average Bonchev–Trinajstić information content (AvgIpc) is 2.33. The largest absolute Gasteiger partial charge is 0.383 e. The van der Waals surface area contributed by atoms with Crippen molar-refractivity contribution in [2.45, 2.75) is 18.9 Å². The molecule has 1 aromatic rings. The monoisotopic (exact) mass is 299 g/mol. The van der Waals surface area contributed by atoms with Gasteiger partial charge in [-0.05, 0) is 34.8 Å². The highest BCUT2D eigenvalue weighted by molar-refractivity contribution is 9.10. The van der Waals surface area contributed by atoms with Crippen LogP contribution in [0.3, 0.4) is 0 Å². The van der Waals surface area contributed by atoms with E-state index >= 15 is 0 Å². The number of pyridine rings is 1. The summed E-state index contributed by atoms with van der Waals surface area (Å²) in [6, 6.07) is 1.84. The van der Waals surface area contributed by atoms with Crippen LogP contribution in [0.5, 0.6) is 0 Å². The number of halogens is 1. The van der Waals surface area contributed by atoms with Gasteiger partial charge in [0.2, 0.25) is 0 Å². The van der Waals surface area contributed by atoms with Crippen molar-refractivity contribution in [3.63, 3.8) is 0 Å². The van der Waals surface area contributed by atoms with E-state index in [0.717, 1.165) is 17.3 Å². The van der Waals surface area contributed by atoms with Crippen molar-refractivity contribution in [2.75, 3.05) is 18.9 Å². The second kappa shape index (κ2) is 5.46. The zero-order chi connectivity index (χ0) is 12.3. The van der Waals surface area contributed by atoms with Gasteiger partial charge in [0.05, 0.1) is 5.56 Å². The molecule has 3 N–H and O–H groups in total. The number of nitrogens with two attached hydrogens (primary N) is 1. The summed E-state index contributed by atoms with van der Waals surface area (Å²) >= 11 is 3.27. The minimum absolute atomic E-state index is 0.162. The fourth-order valence-corrected chi connectivity index (χ4v) is 2.07. The third-order valence-electron chi connectivity index (χ3n) is 2.69. The second-order valence-electron chi connectivity index (χ2n) is 3.95. The molecule has 0 aliphatic carbocycles. The Labute approximate surface area is 108 Å². The molecule has 0 radical (unpaired) electrons. The van der Waals surface area contributed by atoms with Gasteiger partial charge >= 0.3 is 0 Å². The first-order chi connectivity index (χ1) is 8.16. The van der Waals surface area contributed by atoms with Crippen molar-refractivity contribution < 1.29 is 9.53 Å². The summed E-state index contributed by atoms with van der Waals surface area (Å²) < 4.78 is 5.97. The number of anilines is 1. The summed E-state index contributed by atoms with van der Waals surface area (Å²) in [6.07, 6.45) is 3.25. The van der Waals surface area contributed by atoms with Gasteiger partial charge in [0, 0.05) is 29.9 Å². The summed E-state index contributed by atoms with van der Waals surface area (Å²) in [4.78, 5) is 15.9. The maximum Gasteiger partial charge on any atom is 0.255 e. The number of nitrogens with zero attached hydrogens (tertiary/aromatic N) is 1. The predicted molar refractivity (Wildman–Crippen MR) is 67.7 cm³/mol. The summed E-state index contributed by atoms with van der Waals surface area (Å²) in [5, 5.41) is 2.94. The van der Waals surface area contributed by atoms with E-state index in [1.54, 1.807) is 12.3 Å². The first-order valence-electron chi connectivity index (χ1n) is 5.46. The highest BCUT2D eigenvalue weighted by Crippen LogP contribution is 2.16. The smallest absolute Gasteiger partial charge is 0.255 e. The average molecular weight is 300 g/mol. The number of hydrogen-bond donors (Lipinski definition) is 2. The van der Waals surface area contributed by atoms with Crippen molar-refractivity contribution in [1.29, 1.82) is 0 Å². The summed E-state index contributed by atoms with van der Waals surface area (Å²) in [6.45, 7) is 1.38. The lowest BCUT2D eigenvalue weighted by atomic mass is 10.1. The minimum atomic E-state index is -0.178. The van der Waals surface area contributed by atoms with E-state index in [1.807, 2.05) is 0 Å². The molecule has 1 aliphatic heterocycles. The summed E-state index contributed by atoms with van der Waals surface area (Å²) in [5.74, 6) is 0.0703. The van der Waals surface area contributed by atoms with Crippen molar-refractivity contribution in [1.82, 2.24) is 10.3 Å². The molecule has 5 nitrogen and oxygen atoms in total. The van der Waals surface area contributed by atoms with Gasteiger partial charge in [0.25, 0.3) is 5.91 Å². The normalized spacial score (nSPS) is 16.8. The molecule has 0 unspecified atom stereocenters. The lowest BCUT2D eigenvalue weighted by molar-refractivity contribution is 0.0697. The second-order valence-corrected chi connectivity index (χ2v) is 4.86. The zero-order valence-electron chi connectivity index (χ0n) is 9.28. The number of amides is 1. The first-order valence-corrected chi connectivity index (χ1v) is 6.26. The predicted octanol–water partition coefficient (Wildman–Crippen LogP) is 1.34. The molecule has 92 valence electrons. The van der Waals surface area contributed by atoms with Crippen LogP contribution in [-0.4, -0.2) is 30.1 Å². The van der Waals surface area contributed by atoms with Gasteiger partial charge in [-0.2, -0.15) is 0 Å². The van der Waals surface area contributed by atoms with Gasteiger partial charge in [-0.15, -0.1) is 0 Å². The third-order valence-corrected chi connectivity index (χ3v) is 3.12. The molecule has 1 fully saturated rings. The molecule has 0 saturated carbocycles. The molecular weight excluding hydrogens is 286 g/mol. The van der Waals surface area contributed by atoms with Crippen molar-refractivity contribution in [3.05, 3.63) is 22.3 Å². The SMILES string of the molecule is Nc1ncc(Br)cc1C(=O)NC1CCOCC1. The van der Waals surface area contributed by atoms with Gasteiger partial charge in [0.15, 0.2) is 0 Å². The molecule has 0 atom stereocenters. The van der Waals surface area contributed by atoms with E-state index in [2.05, 4.69) is 26.2 Å². The van der Waals surface area contributed by atoms with E-state index in [1.165, 1.54) is 0 Å². The summed E-state index contributed by atoms with van der Waals surface area (Å²) in [7, 11) is 0. The Morgan fingerprint density at radius 3 is 2.94 bits per heavy atom. The van der Waals surface area contributed by atoms with Gasteiger partial charge in [-0.25, -0.2) is 4.98 Å². The molecule has 2 rings (SSSR count). The molecule has 17 heavy (non-hydrogen) atoms. The highest BCUT2D eigenvalue weighted by atomic mass is 79.9. The maximum absolute atomic E-state index is 12.0. The molecule has 2 heterocycles. The number of nitrogens with one attached hydrogen (secondary N) is 1. The zero-order valence-corrected chi connectivity index (χ0v) is 10.9.